The third kappa shape index (κ3) is 5.33. The Kier molecular flexibility index (Phi) is 6.90. The molecule has 1 aromatic carbocycles. The van der Waals surface area contributed by atoms with Crippen molar-refractivity contribution < 1.29 is 4.79 Å². The van der Waals surface area contributed by atoms with Gasteiger partial charge in [-0.1, -0.05) is 41.5 Å². The number of nitrogens with zero attached hydrogens (tertiary/aromatic N) is 2. The summed E-state index contributed by atoms with van der Waals surface area (Å²) in [5, 5.41) is 5.19. The van der Waals surface area contributed by atoms with Gasteiger partial charge in [0.15, 0.2) is 0 Å². The standard InChI is InChI=1S/C25H29N3OS/c1-19-7-9-21(10-8-19)18-30-25-22-13-16-28(23(22)12-15-27-25)17-24(29)26-14-11-20-5-3-2-4-6-20/h5,7-10,12-13,15-16H,2-4,6,11,14,17-18H2,1H3,(H,26,29). The van der Waals surface area contributed by atoms with E-state index in [-0.39, 0.29) is 5.91 Å². The molecule has 1 N–H and O–H groups in total. The maximum atomic E-state index is 12.4. The summed E-state index contributed by atoms with van der Waals surface area (Å²) in [4.78, 5) is 17.0. The van der Waals surface area contributed by atoms with E-state index in [2.05, 4.69) is 53.6 Å². The van der Waals surface area contributed by atoms with Crippen LogP contribution in [0.1, 0.15) is 43.2 Å². The average molecular weight is 420 g/mol. The molecule has 0 saturated carbocycles. The first-order valence-corrected chi connectivity index (χ1v) is 11.7. The fourth-order valence-corrected chi connectivity index (χ4v) is 4.85. The Labute approximate surface area is 182 Å². The van der Waals surface area contributed by atoms with Gasteiger partial charge in [-0.25, -0.2) is 4.98 Å². The smallest absolute Gasteiger partial charge is 0.239 e. The summed E-state index contributed by atoms with van der Waals surface area (Å²) < 4.78 is 2.02. The molecule has 0 bridgehead atoms. The Hall–Kier alpha value is -2.53. The molecular weight excluding hydrogens is 390 g/mol. The lowest BCUT2D eigenvalue weighted by Gasteiger charge is -2.13. The van der Waals surface area contributed by atoms with Gasteiger partial charge in [0.2, 0.25) is 5.91 Å². The van der Waals surface area contributed by atoms with Crippen LogP contribution in [0.5, 0.6) is 0 Å². The molecule has 1 amide bonds. The van der Waals surface area contributed by atoms with Crippen molar-refractivity contribution in [1.29, 1.82) is 0 Å². The van der Waals surface area contributed by atoms with Crippen LogP contribution >= 0.6 is 11.8 Å². The highest BCUT2D eigenvalue weighted by Crippen LogP contribution is 2.29. The summed E-state index contributed by atoms with van der Waals surface area (Å²) in [6.45, 7) is 3.17. The molecule has 1 aliphatic carbocycles. The Balaban J connectivity index is 1.35. The zero-order valence-corrected chi connectivity index (χ0v) is 18.4. The molecule has 1 aliphatic rings. The van der Waals surface area contributed by atoms with Crippen LogP contribution in [0.3, 0.4) is 0 Å². The summed E-state index contributed by atoms with van der Waals surface area (Å²) >= 11 is 1.74. The number of thioether (sulfide) groups is 1. The minimum atomic E-state index is 0.0644. The molecule has 4 rings (SSSR count). The number of aryl methyl sites for hydroxylation is 1. The number of aromatic nitrogens is 2. The quantitative estimate of drug-likeness (QED) is 0.379. The van der Waals surface area contributed by atoms with E-state index in [4.69, 9.17) is 0 Å². The van der Waals surface area contributed by atoms with Crippen molar-refractivity contribution in [2.75, 3.05) is 6.54 Å². The van der Waals surface area contributed by atoms with Crippen molar-refractivity contribution in [2.24, 2.45) is 0 Å². The topological polar surface area (TPSA) is 46.9 Å². The molecule has 3 aromatic rings. The van der Waals surface area contributed by atoms with E-state index in [9.17, 15) is 4.79 Å². The predicted octanol–water partition coefficient (Wildman–Crippen LogP) is 5.64. The van der Waals surface area contributed by atoms with Crippen LogP contribution in [0.2, 0.25) is 0 Å². The Morgan fingerprint density at radius 2 is 2.03 bits per heavy atom. The molecule has 2 heterocycles. The van der Waals surface area contributed by atoms with Crippen molar-refractivity contribution in [1.82, 2.24) is 14.9 Å². The van der Waals surface area contributed by atoms with Gasteiger partial charge < -0.3 is 9.88 Å². The van der Waals surface area contributed by atoms with Crippen LogP contribution in [0.25, 0.3) is 10.9 Å². The van der Waals surface area contributed by atoms with Crippen LogP contribution in [0.15, 0.2) is 65.5 Å². The van der Waals surface area contributed by atoms with Crippen LogP contribution in [0.4, 0.5) is 0 Å². The van der Waals surface area contributed by atoms with E-state index in [1.165, 1.54) is 42.4 Å². The molecule has 0 spiro atoms. The van der Waals surface area contributed by atoms with Gasteiger partial charge >= 0.3 is 0 Å². The third-order valence-electron chi connectivity index (χ3n) is 5.62. The summed E-state index contributed by atoms with van der Waals surface area (Å²) in [5.74, 6) is 0.947. The number of pyridine rings is 1. The summed E-state index contributed by atoms with van der Waals surface area (Å²) in [6.07, 6.45) is 12.1. The Morgan fingerprint density at radius 3 is 2.83 bits per heavy atom. The second-order valence-electron chi connectivity index (χ2n) is 7.97. The van der Waals surface area contributed by atoms with Crippen LogP contribution in [-0.2, 0) is 17.1 Å². The number of carbonyl (C=O) groups excluding carboxylic acids is 1. The molecular formula is C25H29N3OS. The summed E-state index contributed by atoms with van der Waals surface area (Å²) in [6, 6.07) is 12.7. The molecule has 0 atom stereocenters. The number of nitrogens with one attached hydrogen (secondary N) is 1. The van der Waals surface area contributed by atoms with E-state index >= 15 is 0 Å². The van der Waals surface area contributed by atoms with Gasteiger partial charge in [-0.3, -0.25) is 4.79 Å². The van der Waals surface area contributed by atoms with Crippen molar-refractivity contribution in [3.8, 4) is 0 Å². The molecule has 0 unspecified atom stereocenters. The number of rotatable bonds is 8. The minimum Gasteiger partial charge on any atom is -0.354 e. The highest BCUT2D eigenvalue weighted by Gasteiger charge is 2.11. The molecule has 156 valence electrons. The SMILES string of the molecule is Cc1ccc(CSc2nccc3c2ccn3CC(=O)NCCC2=CCCCC2)cc1. The predicted molar refractivity (Wildman–Crippen MR) is 125 cm³/mol. The van der Waals surface area contributed by atoms with Crippen molar-refractivity contribution in [3.05, 3.63) is 71.6 Å². The second kappa shape index (κ2) is 9.98. The van der Waals surface area contributed by atoms with Gasteiger partial charge in [0.1, 0.15) is 11.6 Å². The molecule has 0 saturated heterocycles. The third-order valence-corrected chi connectivity index (χ3v) is 6.70. The number of carbonyl (C=O) groups is 1. The van der Waals surface area contributed by atoms with E-state index in [1.807, 2.05) is 23.0 Å². The van der Waals surface area contributed by atoms with E-state index in [0.717, 1.165) is 34.6 Å². The van der Waals surface area contributed by atoms with E-state index in [0.29, 0.717) is 6.54 Å². The fourth-order valence-electron chi connectivity index (χ4n) is 3.89. The summed E-state index contributed by atoms with van der Waals surface area (Å²) in [7, 11) is 0. The van der Waals surface area contributed by atoms with Crippen LogP contribution in [0, 0.1) is 6.92 Å². The fraction of sp³-hybridized carbons (Fsp3) is 0.360. The van der Waals surface area contributed by atoms with Crippen LogP contribution in [-0.4, -0.2) is 22.0 Å². The van der Waals surface area contributed by atoms with Gasteiger partial charge in [0, 0.05) is 30.1 Å². The lowest BCUT2D eigenvalue weighted by atomic mass is 9.97. The largest absolute Gasteiger partial charge is 0.354 e. The van der Waals surface area contributed by atoms with Crippen molar-refractivity contribution in [3.63, 3.8) is 0 Å². The molecule has 5 heteroatoms. The van der Waals surface area contributed by atoms with Gasteiger partial charge in [0.25, 0.3) is 0 Å². The maximum Gasteiger partial charge on any atom is 0.239 e. The van der Waals surface area contributed by atoms with Gasteiger partial charge in [0.05, 0.1) is 5.52 Å². The second-order valence-corrected chi connectivity index (χ2v) is 8.94. The Morgan fingerprint density at radius 1 is 1.17 bits per heavy atom. The highest BCUT2D eigenvalue weighted by atomic mass is 32.2. The number of hydrogen-bond donors (Lipinski definition) is 1. The highest BCUT2D eigenvalue weighted by molar-refractivity contribution is 7.98. The number of fused-ring (bicyclic) bond motifs is 1. The first kappa shape index (κ1) is 20.7. The first-order valence-electron chi connectivity index (χ1n) is 10.8. The van der Waals surface area contributed by atoms with E-state index < -0.39 is 0 Å². The van der Waals surface area contributed by atoms with Crippen LogP contribution < -0.4 is 5.32 Å². The molecule has 0 fully saturated rings. The minimum absolute atomic E-state index is 0.0644. The van der Waals surface area contributed by atoms with E-state index in [1.54, 1.807) is 11.8 Å². The lowest BCUT2D eigenvalue weighted by molar-refractivity contribution is -0.121. The van der Waals surface area contributed by atoms with Crippen molar-refractivity contribution in [2.45, 2.75) is 56.4 Å². The number of hydrogen-bond acceptors (Lipinski definition) is 3. The first-order chi connectivity index (χ1) is 14.7. The molecule has 0 radical (unpaired) electrons. The number of allylic oxidation sites excluding steroid dienone is 1. The average Bonchev–Trinajstić information content (AvgIpc) is 3.17. The Bertz CT molecular complexity index is 1040. The zero-order valence-electron chi connectivity index (χ0n) is 17.6. The van der Waals surface area contributed by atoms with Crippen molar-refractivity contribution >= 4 is 28.6 Å². The molecule has 30 heavy (non-hydrogen) atoms. The van der Waals surface area contributed by atoms with Gasteiger partial charge in [-0.05, 0) is 56.7 Å². The number of amides is 1. The molecule has 2 aromatic heterocycles. The lowest BCUT2D eigenvalue weighted by Crippen LogP contribution is -2.28. The maximum absolute atomic E-state index is 12.4. The molecule has 0 aliphatic heterocycles. The zero-order chi connectivity index (χ0) is 20.8. The monoisotopic (exact) mass is 419 g/mol. The van der Waals surface area contributed by atoms with Gasteiger partial charge in [-0.2, -0.15) is 0 Å². The summed E-state index contributed by atoms with van der Waals surface area (Å²) in [5.41, 5.74) is 5.11. The number of benzene rings is 1. The van der Waals surface area contributed by atoms with Gasteiger partial charge in [-0.15, -0.1) is 11.8 Å². The molecule has 4 nitrogen and oxygen atoms in total. The normalized spacial score (nSPS) is 14.0.